The zero-order valence-corrected chi connectivity index (χ0v) is 10.6. The van der Waals surface area contributed by atoms with Gasteiger partial charge in [-0.15, -0.1) is 11.3 Å². The summed E-state index contributed by atoms with van der Waals surface area (Å²) in [7, 11) is 1.41. The van der Waals surface area contributed by atoms with Crippen molar-refractivity contribution < 1.29 is 9.53 Å². The molecular formula is C12H17NO2S. The highest BCUT2D eigenvalue weighted by molar-refractivity contribution is 7.14. The summed E-state index contributed by atoms with van der Waals surface area (Å²) in [6, 6.07) is 3.87. The summed E-state index contributed by atoms with van der Waals surface area (Å²) in [5, 5.41) is 0. The number of hydrogen-bond donors (Lipinski definition) is 1. The fourth-order valence-corrected chi connectivity index (χ4v) is 3.77. The van der Waals surface area contributed by atoms with Crippen molar-refractivity contribution in [1.29, 1.82) is 0 Å². The predicted molar refractivity (Wildman–Crippen MR) is 64.7 cm³/mol. The third-order valence-corrected chi connectivity index (χ3v) is 4.77. The van der Waals surface area contributed by atoms with E-state index in [4.69, 9.17) is 10.5 Å². The maximum Gasteiger partial charge on any atom is 0.348 e. The van der Waals surface area contributed by atoms with Crippen molar-refractivity contribution in [2.45, 2.75) is 19.8 Å². The van der Waals surface area contributed by atoms with E-state index < -0.39 is 0 Å². The second-order valence-electron chi connectivity index (χ2n) is 4.83. The number of carbonyl (C=O) groups is 1. The Morgan fingerprint density at radius 1 is 1.56 bits per heavy atom. The van der Waals surface area contributed by atoms with Crippen LogP contribution in [0.5, 0.6) is 0 Å². The monoisotopic (exact) mass is 239 g/mol. The van der Waals surface area contributed by atoms with E-state index in [1.54, 1.807) is 0 Å². The zero-order chi connectivity index (χ0) is 11.9. The zero-order valence-electron chi connectivity index (χ0n) is 9.82. The molecule has 0 saturated heterocycles. The lowest BCUT2D eigenvalue weighted by Gasteiger charge is -1.99. The molecule has 4 heteroatoms. The van der Waals surface area contributed by atoms with Crippen molar-refractivity contribution in [3.63, 3.8) is 0 Å². The fourth-order valence-electron chi connectivity index (χ4n) is 2.48. The quantitative estimate of drug-likeness (QED) is 0.823. The number of hydrogen-bond acceptors (Lipinski definition) is 4. The minimum Gasteiger partial charge on any atom is -0.465 e. The van der Waals surface area contributed by atoms with Crippen molar-refractivity contribution in [2.75, 3.05) is 13.7 Å². The van der Waals surface area contributed by atoms with Crippen LogP contribution in [-0.4, -0.2) is 19.6 Å². The molecule has 0 aromatic carbocycles. The lowest BCUT2D eigenvalue weighted by atomic mass is 10.1. The number of methoxy groups -OCH3 is 1. The van der Waals surface area contributed by atoms with Crippen LogP contribution < -0.4 is 5.73 Å². The van der Waals surface area contributed by atoms with Gasteiger partial charge in [0.05, 0.1) is 7.11 Å². The third kappa shape index (κ3) is 1.66. The molecule has 3 nitrogen and oxygen atoms in total. The summed E-state index contributed by atoms with van der Waals surface area (Å²) in [5.74, 6) is 0.788. The molecule has 16 heavy (non-hydrogen) atoms. The van der Waals surface area contributed by atoms with Crippen LogP contribution in [0, 0.1) is 11.3 Å². The van der Waals surface area contributed by atoms with Crippen molar-refractivity contribution in [3.05, 3.63) is 21.9 Å². The lowest BCUT2D eigenvalue weighted by Crippen LogP contribution is -2.05. The van der Waals surface area contributed by atoms with Gasteiger partial charge in [0.15, 0.2) is 0 Å². The Hall–Kier alpha value is -0.870. The van der Waals surface area contributed by atoms with Gasteiger partial charge in [-0.25, -0.2) is 4.79 Å². The molecule has 0 spiro atoms. The Morgan fingerprint density at radius 2 is 2.25 bits per heavy atom. The van der Waals surface area contributed by atoms with E-state index in [1.165, 1.54) is 23.3 Å². The predicted octanol–water partition coefficient (Wildman–Crippen LogP) is 2.23. The van der Waals surface area contributed by atoms with E-state index in [0.29, 0.717) is 23.3 Å². The Bertz CT molecular complexity index is 411. The van der Waals surface area contributed by atoms with Crippen LogP contribution in [-0.2, 0) is 4.74 Å². The summed E-state index contributed by atoms with van der Waals surface area (Å²) >= 11 is 1.53. The number of thiophene rings is 1. The molecule has 1 aromatic rings. The first-order chi connectivity index (χ1) is 7.52. The van der Waals surface area contributed by atoms with Gasteiger partial charge in [-0.2, -0.15) is 0 Å². The molecule has 1 aliphatic carbocycles. The first kappa shape index (κ1) is 11.6. The minimum atomic E-state index is -0.251. The summed E-state index contributed by atoms with van der Waals surface area (Å²) in [6.07, 6.45) is 0. The smallest absolute Gasteiger partial charge is 0.348 e. The molecule has 0 aliphatic heterocycles. The molecule has 0 unspecified atom stereocenters. The Morgan fingerprint density at radius 3 is 2.75 bits per heavy atom. The number of rotatable bonds is 3. The van der Waals surface area contributed by atoms with Gasteiger partial charge in [0.25, 0.3) is 0 Å². The minimum absolute atomic E-state index is 0.251. The molecule has 2 N–H and O–H groups in total. The van der Waals surface area contributed by atoms with Crippen molar-refractivity contribution in [1.82, 2.24) is 0 Å². The summed E-state index contributed by atoms with van der Waals surface area (Å²) in [6.45, 7) is 5.17. The van der Waals surface area contributed by atoms with Crippen LogP contribution in [0.25, 0.3) is 0 Å². The normalized spacial score (nSPS) is 26.5. The van der Waals surface area contributed by atoms with Crippen LogP contribution >= 0.6 is 11.3 Å². The Kier molecular flexibility index (Phi) is 2.80. The molecular weight excluding hydrogens is 222 g/mol. The second kappa shape index (κ2) is 3.86. The van der Waals surface area contributed by atoms with E-state index in [0.717, 1.165) is 0 Å². The van der Waals surface area contributed by atoms with E-state index in [2.05, 4.69) is 13.8 Å². The van der Waals surface area contributed by atoms with Crippen LogP contribution in [0.1, 0.15) is 34.3 Å². The van der Waals surface area contributed by atoms with Gasteiger partial charge in [-0.1, -0.05) is 13.8 Å². The molecule has 1 heterocycles. The van der Waals surface area contributed by atoms with Gasteiger partial charge in [-0.3, -0.25) is 0 Å². The molecule has 0 bridgehead atoms. The van der Waals surface area contributed by atoms with E-state index in [9.17, 15) is 4.79 Å². The van der Waals surface area contributed by atoms with E-state index in [-0.39, 0.29) is 11.4 Å². The number of ether oxygens (including phenoxy) is 1. The second-order valence-corrected chi connectivity index (χ2v) is 5.95. The molecule has 0 amide bonds. The average Bonchev–Trinajstić information content (AvgIpc) is 2.67. The Balaban J connectivity index is 2.18. The number of nitrogens with two attached hydrogens (primary N) is 1. The highest BCUT2D eigenvalue weighted by Gasteiger charge is 2.57. The molecule has 2 rings (SSSR count). The van der Waals surface area contributed by atoms with Crippen LogP contribution in [0.2, 0.25) is 0 Å². The molecule has 2 atom stereocenters. The SMILES string of the molecule is COC(=O)c1ccc([C@@H]2[C@@H](CN)C2(C)C)s1. The highest BCUT2D eigenvalue weighted by Crippen LogP contribution is 2.64. The number of esters is 1. The van der Waals surface area contributed by atoms with Gasteiger partial charge in [0.2, 0.25) is 0 Å². The standard InChI is InChI=1S/C12H17NO2S/c1-12(2)7(6-13)10(12)8-4-5-9(16-8)11(14)15-3/h4-5,7,10H,6,13H2,1-3H3/t7-,10+/m1/s1. The molecule has 1 aliphatic rings. The third-order valence-electron chi connectivity index (χ3n) is 3.62. The van der Waals surface area contributed by atoms with Crippen LogP contribution in [0.3, 0.4) is 0 Å². The first-order valence-corrected chi connectivity index (χ1v) is 6.22. The highest BCUT2D eigenvalue weighted by atomic mass is 32.1. The topological polar surface area (TPSA) is 52.3 Å². The fraction of sp³-hybridized carbons (Fsp3) is 0.583. The number of carbonyl (C=O) groups excluding carboxylic acids is 1. The lowest BCUT2D eigenvalue weighted by molar-refractivity contribution is 0.0606. The van der Waals surface area contributed by atoms with Gasteiger partial charge in [0.1, 0.15) is 4.88 Å². The van der Waals surface area contributed by atoms with Crippen LogP contribution in [0.15, 0.2) is 12.1 Å². The van der Waals surface area contributed by atoms with Crippen molar-refractivity contribution >= 4 is 17.3 Å². The van der Waals surface area contributed by atoms with Gasteiger partial charge in [0, 0.05) is 10.8 Å². The largest absolute Gasteiger partial charge is 0.465 e. The Labute approximate surface area is 99.6 Å². The van der Waals surface area contributed by atoms with Crippen LogP contribution in [0.4, 0.5) is 0 Å². The maximum absolute atomic E-state index is 11.3. The first-order valence-electron chi connectivity index (χ1n) is 5.40. The van der Waals surface area contributed by atoms with E-state index >= 15 is 0 Å². The molecule has 1 saturated carbocycles. The summed E-state index contributed by atoms with van der Waals surface area (Å²) in [5.41, 5.74) is 6.01. The summed E-state index contributed by atoms with van der Waals surface area (Å²) < 4.78 is 4.70. The molecule has 1 aromatic heterocycles. The molecule has 88 valence electrons. The van der Waals surface area contributed by atoms with Crippen molar-refractivity contribution in [3.8, 4) is 0 Å². The summed E-state index contributed by atoms with van der Waals surface area (Å²) in [4.78, 5) is 13.3. The molecule has 1 fully saturated rings. The van der Waals surface area contributed by atoms with Gasteiger partial charge >= 0.3 is 5.97 Å². The van der Waals surface area contributed by atoms with Gasteiger partial charge in [-0.05, 0) is 30.0 Å². The average molecular weight is 239 g/mol. The van der Waals surface area contributed by atoms with Crippen molar-refractivity contribution in [2.24, 2.45) is 17.1 Å². The van der Waals surface area contributed by atoms with Gasteiger partial charge < -0.3 is 10.5 Å². The molecule has 0 radical (unpaired) electrons. The van der Waals surface area contributed by atoms with E-state index in [1.807, 2.05) is 12.1 Å². The maximum atomic E-state index is 11.3.